The van der Waals surface area contributed by atoms with Gasteiger partial charge >= 0.3 is 0 Å². The molecule has 0 saturated carbocycles. The molecule has 1 aromatic rings. The fourth-order valence-electron chi connectivity index (χ4n) is 3.39. The van der Waals surface area contributed by atoms with Crippen LogP contribution in [0.25, 0.3) is 0 Å². The number of rotatable bonds is 6. The van der Waals surface area contributed by atoms with E-state index in [1.807, 2.05) is 19.1 Å². The SMILES string of the molecule is CCNC(=NCc1cccnc1OCC)N1CCOC(C2CCCO2)C1. The van der Waals surface area contributed by atoms with Crippen molar-refractivity contribution in [3.63, 3.8) is 0 Å². The lowest BCUT2D eigenvalue weighted by Crippen LogP contribution is -2.53. The second kappa shape index (κ2) is 9.73. The first kappa shape index (κ1) is 18.9. The molecular formula is C19H30N4O3. The van der Waals surface area contributed by atoms with Crippen LogP contribution in [0.1, 0.15) is 32.3 Å². The number of hydrogen-bond donors (Lipinski definition) is 1. The van der Waals surface area contributed by atoms with Gasteiger partial charge < -0.3 is 24.4 Å². The lowest BCUT2D eigenvalue weighted by molar-refractivity contribution is -0.0817. The summed E-state index contributed by atoms with van der Waals surface area (Å²) in [5, 5.41) is 3.40. The Balaban J connectivity index is 1.68. The van der Waals surface area contributed by atoms with Crippen molar-refractivity contribution in [3.05, 3.63) is 23.9 Å². The van der Waals surface area contributed by atoms with E-state index in [1.165, 1.54) is 0 Å². The van der Waals surface area contributed by atoms with Gasteiger partial charge in [-0.3, -0.25) is 0 Å². The molecule has 0 radical (unpaired) electrons. The van der Waals surface area contributed by atoms with Crippen molar-refractivity contribution in [3.8, 4) is 5.88 Å². The van der Waals surface area contributed by atoms with Gasteiger partial charge in [-0.05, 0) is 32.8 Å². The van der Waals surface area contributed by atoms with Crippen LogP contribution in [0.2, 0.25) is 0 Å². The highest BCUT2D eigenvalue weighted by Crippen LogP contribution is 2.21. The van der Waals surface area contributed by atoms with E-state index < -0.39 is 0 Å². The zero-order valence-electron chi connectivity index (χ0n) is 15.8. The van der Waals surface area contributed by atoms with Crippen molar-refractivity contribution in [1.29, 1.82) is 0 Å². The summed E-state index contributed by atoms with van der Waals surface area (Å²) in [6, 6.07) is 3.93. The van der Waals surface area contributed by atoms with Crippen molar-refractivity contribution >= 4 is 5.96 Å². The summed E-state index contributed by atoms with van der Waals surface area (Å²) >= 11 is 0. The fourth-order valence-corrected chi connectivity index (χ4v) is 3.39. The predicted molar refractivity (Wildman–Crippen MR) is 101 cm³/mol. The summed E-state index contributed by atoms with van der Waals surface area (Å²) in [5.74, 6) is 1.57. The Labute approximate surface area is 155 Å². The first-order chi connectivity index (χ1) is 12.8. The highest BCUT2D eigenvalue weighted by atomic mass is 16.5. The summed E-state index contributed by atoms with van der Waals surface area (Å²) in [6.07, 6.45) is 4.29. The van der Waals surface area contributed by atoms with Gasteiger partial charge in [-0.1, -0.05) is 6.07 Å². The predicted octanol–water partition coefficient (Wildman–Crippen LogP) is 1.83. The molecule has 1 N–H and O–H groups in total. The zero-order chi connectivity index (χ0) is 18.2. The van der Waals surface area contributed by atoms with Crippen LogP contribution in [0.15, 0.2) is 23.3 Å². The van der Waals surface area contributed by atoms with Gasteiger partial charge in [0.1, 0.15) is 6.10 Å². The number of guanidine groups is 1. The largest absolute Gasteiger partial charge is 0.478 e. The van der Waals surface area contributed by atoms with Crippen molar-refractivity contribution in [2.45, 2.75) is 45.4 Å². The van der Waals surface area contributed by atoms with Crippen LogP contribution in [0.5, 0.6) is 5.88 Å². The van der Waals surface area contributed by atoms with Crippen LogP contribution in [0.4, 0.5) is 0 Å². The Kier molecular flexibility index (Phi) is 7.08. The normalized spacial score (nSPS) is 23.9. The highest BCUT2D eigenvalue weighted by molar-refractivity contribution is 5.80. The maximum absolute atomic E-state index is 5.95. The number of aromatic nitrogens is 1. The van der Waals surface area contributed by atoms with Crippen molar-refractivity contribution < 1.29 is 14.2 Å². The van der Waals surface area contributed by atoms with Gasteiger partial charge in [0, 0.05) is 38.0 Å². The van der Waals surface area contributed by atoms with E-state index in [0.29, 0.717) is 25.6 Å². The highest BCUT2D eigenvalue weighted by Gasteiger charge is 2.32. The topological polar surface area (TPSA) is 68.2 Å². The van der Waals surface area contributed by atoms with E-state index in [2.05, 4.69) is 22.1 Å². The second-order valence-corrected chi connectivity index (χ2v) is 6.48. The molecule has 2 saturated heterocycles. The maximum atomic E-state index is 5.95. The molecule has 0 aliphatic carbocycles. The van der Waals surface area contributed by atoms with E-state index in [9.17, 15) is 0 Å². The van der Waals surface area contributed by atoms with Crippen LogP contribution < -0.4 is 10.1 Å². The van der Waals surface area contributed by atoms with Crippen LogP contribution in [-0.2, 0) is 16.0 Å². The molecule has 3 heterocycles. The molecule has 144 valence electrons. The third kappa shape index (κ3) is 4.86. The molecule has 0 amide bonds. The number of morpholine rings is 1. The Morgan fingerprint density at radius 2 is 2.23 bits per heavy atom. The molecule has 7 heteroatoms. The van der Waals surface area contributed by atoms with Gasteiger partial charge in [0.05, 0.1) is 25.9 Å². The van der Waals surface area contributed by atoms with E-state index >= 15 is 0 Å². The third-order valence-corrected chi connectivity index (χ3v) is 4.64. The molecular weight excluding hydrogens is 332 g/mol. The Hall–Kier alpha value is -1.86. The first-order valence-corrected chi connectivity index (χ1v) is 9.65. The molecule has 2 atom stereocenters. The minimum atomic E-state index is 0.118. The number of hydrogen-bond acceptors (Lipinski definition) is 5. The van der Waals surface area contributed by atoms with Crippen LogP contribution >= 0.6 is 0 Å². The number of nitrogens with one attached hydrogen (secondary N) is 1. The fraction of sp³-hybridized carbons (Fsp3) is 0.684. The number of nitrogens with zero attached hydrogens (tertiary/aromatic N) is 3. The molecule has 2 unspecified atom stereocenters. The lowest BCUT2D eigenvalue weighted by Gasteiger charge is -2.37. The minimum absolute atomic E-state index is 0.118. The quantitative estimate of drug-likeness (QED) is 0.615. The average molecular weight is 362 g/mol. The Morgan fingerprint density at radius 3 is 3.00 bits per heavy atom. The zero-order valence-corrected chi connectivity index (χ0v) is 15.8. The van der Waals surface area contributed by atoms with E-state index in [-0.39, 0.29) is 12.2 Å². The van der Waals surface area contributed by atoms with Crippen LogP contribution in [-0.4, -0.2) is 67.5 Å². The number of pyridine rings is 1. The molecule has 3 rings (SSSR count). The monoisotopic (exact) mass is 362 g/mol. The molecule has 2 aliphatic heterocycles. The van der Waals surface area contributed by atoms with Crippen molar-refractivity contribution in [1.82, 2.24) is 15.2 Å². The van der Waals surface area contributed by atoms with Crippen LogP contribution in [0, 0.1) is 0 Å². The standard InChI is InChI=1S/C19H30N4O3/c1-3-20-19(22-13-15-7-5-9-21-18(15)24-4-2)23-10-12-26-17(14-23)16-8-6-11-25-16/h5,7,9,16-17H,3-4,6,8,10-14H2,1-2H3,(H,20,22). The van der Waals surface area contributed by atoms with Crippen molar-refractivity contribution in [2.75, 3.05) is 39.5 Å². The summed E-state index contributed by atoms with van der Waals surface area (Å²) in [7, 11) is 0. The summed E-state index contributed by atoms with van der Waals surface area (Å²) in [6.45, 7) is 9.20. The minimum Gasteiger partial charge on any atom is -0.478 e. The van der Waals surface area contributed by atoms with E-state index in [1.54, 1.807) is 6.20 Å². The maximum Gasteiger partial charge on any atom is 0.218 e. The molecule has 2 fully saturated rings. The summed E-state index contributed by atoms with van der Waals surface area (Å²) in [5.41, 5.74) is 0.994. The third-order valence-electron chi connectivity index (χ3n) is 4.64. The Morgan fingerprint density at radius 1 is 1.35 bits per heavy atom. The molecule has 7 nitrogen and oxygen atoms in total. The lowest BCUT2D eigenvalue weighted by atomic mass is 10.1. The first-order valence-electron chi connectivity index (χ1n) is 9.65. The van der Waals surface area contributed by atoms with Crippen LogP contribution in [0.3, 0.4) is 0 Å². The molecule has 0 bridgehead atoms. The average Bonchev–Trinajstić information content (AvgIpc) is 3.21. The Bertz CT molecular complexity index is 590. The van der Waals surface area contributed by atoms with Gasteiger partial charge in [0.2, 0.25) is 5.88 Å². The van der Waals surface area contributed by atoms with E-state index in [0.717, 1.165) is 50.6 Å². The van der Waals surface area contributed by atoms with Gasteiger partial charge in [0.25, 0.3) is 0 Å². The van der Waals surface area contributed by atoms with E-state index in [4.69, 9.17) is 19.2 Å². The van der Waals surface area contributed by atoms with Gasteiger partial charge in [-0.2, -0.15) is 0 Å². The summed E-state index contributed by atoms with van der Waals surface area (Å²) in [4.78, 5) is 11.4. The molecule has 2 aliphatic rings. The second-order valence-electron chi connectivity index (χ2n) is 6.48. The molecule has 0 spiro atoms. The molecule has 26 heavy (non-hydrogen) atoms. The van der Waals surface area contributed by atoms with Crippen molar-refractivity contribution in [2.24, 2.45) is 4.99 Å². The van der Waals surface area contributed by atoms with Gasteiger partial charge in [0.15, 0.2) is 5.96 Å². The van der Waals surface area contributed by atoms with Gasteiger partial charge in [-0.15, -0.1) is 0 Å². The number of aliphatic imine (C=N–C) groups is 1. The smallest absolute Gasteiger partial charge is 0.218 e. The molecule has 0 aromatic carbocycles. The number of ether oxygens (including phenoxy) is 3. The van der Waals surface area contributed by atoms with Gasteiger partial charge in [-0.25, -0.2) is 9.98 Å². The molecule has 1 aromatic heterocycles. The summed E-state index contributed by atoms with van der Waals surface area (Å²) < 4.78 is 17.4.